The molecule has 3 aromatic rings. The van der Waals surface area contributed by atoms with Gasteiger partial charge in [0.15, 0.2) is 0 Å². The number of hydrogen-bond donors (Lipinski definition) is 1. The minimum Gasteiger partial charge on any atom is -0.324 e. The van der Waals surface area contributed by atoms with Gasteiger partial charge in [0.05, 0.1) is 32.9 Å². The molecule has 2 aromatic carbocycles. The summed E-state index contributed by atoms with van der Waals surface area (Å²) in [5.41, 5.74) is 3.66. The Morgan fingerprint density at radius 1 is 1.14 bits per heavy atom. The number of carbonyl (C=O) groups excluding carboxylic acids is 1. The van der Waals surface area contributed by atoms with Gasteiger partial charge in [-0.05, 0) is 48.7 Å². The van der Waals surface area contributed by atoms with Crippen LogP contribution in [0.1, 0.15) is 28.4 Å². The summed E-state index contributed by atoms with van der Waals surface area (Å²) in [6.45, 7) is 2.49. The molecule has 1 amide bonds. The number of nitrogens with one attached hydrogen (secondary N) is 1. The molecule has 12 heteroatoms. The second-order valence-electron chi connectivity index (χ2n) is 8.08. The number of para-hydroxylation sites is 1. The van der Waals surface area contributed by atoms with Crippen molar-refractivity contribution in [2.24, 2.45) is 0 Å². The van der Waals surface area contributed by atoms with Gasteiger partial charge in [-0.3, -0.25) is 9.69 Å². The highest BCUT2D eigenvalue weighted by Gasteiger charge is 2.31. The fourth-order valence-electron chi connectivity index (χ4n) is 4.08. The van der Waals surface area contributed by atoms with Gasteiger partial charge in [0.25, 0.3) is 5.91 Å². The van der Waals surface area contributed by atoms with Gasteiger partial charge in [0, 0.05) is 25.0 Å². The molecule has 2 aliphatic rings. The molecule has 0 atom stereocenters. The number of rotatable bonds is 5. The molecule has 2 aliphatic heterocycles. The van der Waals surface area contributed by atoms with E-state index in [1.165, 1.54) is 27.2 Å². The van der Waals surface area contributed by atoms with E-state index in [2.05, 4.69) is 15.3 Å². The lowest BCUT2D eigenvalue weighted by Gasteiger charge is -2.29. The number of nitrogens with zero attached hydrogens (tertiary/aromatic N) is 4. The van der Waals surface area contributed by atoms with Crippen LogP contribution in [0.4, 0.5) is 17.3 Å². The number of thioether (sulfide) groups is 1. The molecule has 1 aromatic heterocycles. The van der Waals surface area contributed by atoms with Gasteiger partial charge in [0.1, 0.15) is 5.03 Å². The van der Waals surface area contributed by atoms with E-state index in [9.17, 15) is 13.2 Å². The fraction of sp³-hybridized carbons (Fsp3) is 0.261. The second-order valence-corrected chi connectivity index (χ2v) is 12.1. The summed E-state index contributed by atoms with van der Waals surface area (Å²) in [6, 6.07) is 10.9. The molecule has 0 radical (unpaired) electrons. The van der Waals surface area contributed by atoms with Crippen molar-refractivity contribution in [2.75, 3.05) is 28.4 Å². The standard InChI is InChI=1S/C23H21Cl2N5O3S2/c1-2-35(32,33)29-9-8-14-6-7-16(10-15(14)12-29)27-23-26-11-17-21(28-23)34-13-30(22(17)31)20-18(24)4-3-5-19(20)25/h3-7,10-11H,2,8-9,12-13H2,1H3,(H,26,27,28). The highest BCUT2D eigenvalue weighted by molar-refractivity contribution is 7.99. The highest BCUT2D eigenvalue weighted by atomic mass is 35.5. The average molecular weight is 550 g/mol. The van der Waals surface area contributed by atoms with Crippen LogP contribution in [0.5, 0.6) is 0 Å². The lowest BCUT2D eigenvalue weighted by molar-refractivity contribution is 0.0985. The average Bonchev–Trinajstić information content (AvgIpc) is 2.85. The molecule has 0 saturated heterocycles. The number of halogens is 2. The molecule has 182 valence electrons. The summed E-state index contributed by atoms with van der Waals surface area (Å²) < 4.78 is 26.1. The third kappa shape index (κ3) is 4.73. The van der Waals surface area contributed by atoms with Crippen LogP contribution in [0.25, 0.3) is 0 Å². The number of fused-ring (bicyclic) bond motifs is 2. The number of sulfonamides is 1. The number of benzene rings is 2. The van der Waals surface area contributed by atoms with E-state index < -0.39 is 10.0 Å². The molecular formula is C23H21Cl2N5O3S2. The fourth-order valence-corrected chi connectivity index (χ4v) is 6.70. The van der Waals surface area contributed by atoms with Crippen molar-refractivity contribution in [1.29, 1.82) is 0 Å². The van der Waals surface area contributed by atoms with E-state index in [1.807, 2.05) is 18.2 Å². The van der Waals surface area contributed by atoms with Crippen LogP contribution >= 0.6 is 35.0 Å². The Bertz CT molecular complexity index is 1410. The van der Waals surface area contributed by atoms with E-state index in [0.717, 1.165) is 16.8 Å². The molecule has 0 bridgehead atoms. The maximum Gasteiger partial charge on any atom is 0.263 e. The van der Waals surface area contributed by atoms with Crippen LogP contribution in [-0.4, -0.2) is 46.8 Å². The van der Waals surface area contributed by atoms with Gasteiger partial charge in [-0.15, -0.1) is 0 Å². The van der Waals surface area contributed by atoms with E-state index in [4.69, 9.17) is 23.2 Å². The van der Waals surface area contributed by atoms with Crippen LogP contribution < -0.4 is 10.2 Å². The van der Waals surface area contributed by atoms with Crippen molar-refractivity contribution < 1.29 is 13.2 Å². The van der Waals surface area contributed by atoms with Crippen molar-refractivity contribution in [3.63, 3.8) is 0 Å². The summed E-state index contributed by atoms with van der Waals surface area (Å²) in [5, 5.41) is 4.53. The Balaban J connectivity index is 1.36. The number of carbonyl (C=O) groups is 1. The van der Waals surface area contributed by atoms with Gasteiger partial charge in [0.2, 0.25) is 16.0 Å². The van der Waals surface area contributed by atoms with Gasteiger partial charge >= 0.3 is 0 Å². The highest BCUT2D eigenvalue weighted by Crippen LogP contribution is 2.39. The molecule has 1 N–H and O–H groups in total. The SMILES string of the molecule is CCS(=O)(=O)N1CCc2ccc(Nc3ncc4c(n3)SCN(c3c(Cl)cccc3Cl)C4=O)cc2C1. The maximum atomic E-state index is 13.1. The Morgan fingerprint density at radius 3 is 2.66 bits per heavy atom. The van der Waals surface area contributed by atoms with Gasteiger partial charge < -0.3 is 5.32 Å². The minimum absolute atomic E-state index is 0.0831. The number of aromatic nitrogens is 2. The lowest BCUT2D eigenvalue weighted by Crippen LogP contribution is -2.36. The molecule has 0 spiro atoms. The lowest BCUT2D eigenvalue weighted by atomic mass is 10.0. The summed E-state index contributed by atoms with van der Waals surface area (Å²) in [4.78, 5) is 23.5. The van der Waals surface area contributed by atoms with Crippen LogP contribution in [0.2, 0.25) is 10.0 Å². The number of amides is 1. The number of anilines is 3. The number of hydrogen-bond acceptors (Lipinski definition) is 7. The third-order valence-corrected chi connectivity index (χ3v) is 9.38. The second kappa shape index (κ2) is 9.59. The smallest absolute Gasteiger partial charge is 0.263 e. The Morgan fingerprint density at radius 2 is 1.91 bits per heavy atom. The summed E-state index contributed by atoms with van der Waals surface area (Å²) in [6.07, 6.45) is 2.17. The topological polar surface area (TPSA) is 95.5 Å². The predicted molar refractivity (Wildman–Crippen MR) is 139 cm³/mol. The van der Waals surface area contributed by atoms with Crippen molar-refractivity contribution in [3.05, 3.63) is 69.3 Å². The summed E-state index contributed by atoms with van der Waals surface area (Å²) in [7, 11) is -3.25. The molecule has 0 aliphatic carbocycles. The first-order valence-corrected chi connectivity index (χ1v) is 14.2. The van der Waals surface area contributed by atoms with E-state index in [-0.39, 0.29) is 11.7 Å². The zero-order valence-corrected chi connectivity index (χ0v) is 21.8. The van der Waals surface area contributed by atoms with Crippen LogP contribution in [0.3, 0.4) is 0 Å². The van der Waals surface area contributed by atoms with Gasteiger partial charge in [-0.1, -0.05) is 47.1 Å². The normalized spacial score (nSPS) is 16.1. The maximum absolute atomic E-state index is 13.1. The monoisotopic (exact) mass is 549 g/mol. The minimum atomic E-state index is -3.25. The van der Waals surface area contributed by atoms with Crippen LogP contribution in [0, 0.1) is 0 Å². The first-order chi connectivity index (χ1) is 16.8. The van der Waals surface area contributed by atoms with Crippen molar-refractivity contribution in [1.82, 2.24) is 14.3 Å². The Labute approximate surface area is 217 Å². The summed E-state index contributed by atoms with van der Waals surface area (Å²) in [5.74, 6) is 0.472. The Kier molecular flexibility index (Phi) is 6.67. The molecule has 35 heavy (non-hydrogen) atoms. The van der Waals surface area contributed by atoms with Crippen molar-refractivity contribution >= 4 is 68.2 Å². The quantitative estimate of drug-likeness (QED) is 0.450. The largest absolute Gasteiger partial charge is 0.324 e. The Hall–Kier alpha value is -2.37. The molecule has 0 saturated carbocycles. The first-order valence-electron chi connectivity index (χ1n) is 10.9. The predicted octanol–water partition coefficient (Wildman–Crippen LogP) is 4.94. The van der Waals surface area contributed by atoms with Crippen molar-refractivity contribution in [3.8, 4) is 0 Å². The van der Waals surface area contributed by atoms with E-state index in [0.29, 0.717) is 57.7 Å². The molecule has 3 heterocycles. The van der Waals surface area contributed by atoms with Gasteiger partial charge in [-0.2, -0.15) is 4.31 Å². The van der Waals surface area contributed by atoms with E-state index in [1.54, 1.807) is 25.1 Å². The molecular weight excluding hydrogens is 529 g/mol. The van der Waals surface area contributed by atoms with Crippen molar-refractivity contribution in [2.45, 2.75) is 24.9 Å². The third-order valence-electron chi connectivity index (χ3n) is 5.97. The van der Waals surface area contributed by atoms with Crippen LogP contribution in [0.15, 0.2) is 47.6 Å². The van der Waals surface area contributed by atoms with Gasteiger partial charge in [-0.25, -0.2) is 18.4 Å². The first kappa shape index (κ1) is 24.3. The van der Waals surface area contributed by atoms with E-state index >= 15 is 0 Å². The molecule has 8 nitrogen and oxygen atoms in total. The zero-order valence-electron chi connectivity index (χ0n) is 18.7. The van der Waals surface area contributed by atoms with Crippen LogP contribution in [-0.2, 0) is 23.0 Å². The molecule has 5 rings (SSSR count). The zero-order chi connectivity index (χ0) is 24.7. The summed E-state index contributed by atoms with van der Waals surface area (Å²) >= 11 is 14.0. The molecule has 0 fully saturated rings. The molecule has 0 unspecified atom stereocenters.